The molecule has 0 aliphatic rings. The van der Waals surface area contributed by atoms with Gasteiger partial charge in [0.05, 0.1) is 18.2 Å². The van der Waals surface area contributed by atoms with E-state index in [2.05, 4.69) is 5.32 Å². The number of amides is 1. The maximum absolute atomic E-state index is 12.4. The van der Waals surface area contributed by atoms with E-state index in [1.807, 2.05) is 44.2 Å². The Hall–Kier alpha value is -2.07. The van der Waals surface area contributed by atoms with Crippen LogP contribution in [0.2, 0.25) is 0 Å². The van der Waals surface area contributed by atoms with Gasteiger partial charge in [-0.05, 0) is 32.8 Å². The van der Waals surface area contributed by atoms with Gasteiger partial charge in [-0.2, -0.15) is 0 Å². The number of rotatable bonds is 5. The molecule has 1 aromatic carbocycles. The van der Waals surface area contributed by atoms with Crippen molar-refractivity contribution in [1.82, 2.24) is 5.32 Å². The Kier molecular flexibility index (Phi) is 4.81. The van der Waals surface area contributed by atoms with Crippen LogP contribution in [0.1, 0.15) is 33.0 Å². The van der Waals surface area contributed by atoms with Crippen LogP contribution < -0.4 is 5.32 Å². The van der Waals surface area contributed by atoms with Gasteiger partial charge in [-0.3, -0.25) is 4.79 Å². The van der Waals surface area contributed by atoms with E-state index in [1.54, 1.807) is 6.92 Å². The highest BCUT2D eigenvalue weighted by Crippen LogP contribution is 2.20. The number of carbonyl (C=O) groups is 1. The molecule has 0 saturated heterocycles. The van der Waals surface area contributed by atoms with Gasteiger partial charge >= 0.3 is 0 Å². The van der Waals surface area contributed by atoms with Crippen molar-refractivity contribution in [3.8, 4) is 0 Å². The van der Waals surface area contributed by atoms with Crippen LogP contribution in [0.4, 0.5) is 0 Å². The molecule has 4 nitrogen and oxygen atoms in total. The third-order valence-corrected chi connectivity index (χ3v) is 3.67. The molecule has 0 aliphatic carbocycles. The van der Waals surface area contributed by atoms with Crippen molar-refractivity contribution in [2.24, 2.45) is 0 Å². The Morgan fingerprint density at radius 2 is 1.86 bits per heavy atom. The first-order valence-corrected chi connectivity index (χ1v) is 7.05. The monoisotopic (exact) mass is 287 g/mol. The summed E-state index contributed by atoms with van der Waals surface area (Å²) in [6.45, 7) is 5.38. The largest absolute Gasteiger partial charge is 0.466 e. The second-order valence-electron chi connectivity index (χ2n) is 5.26. The van der Waals surface area contributed by atoms with Crippen molar-refractivity contribution >= 4 is 5.91 Å². The van der Waals surface area contributed by atoms with Crippen LogP contribution in [-0.4, -0.2) is 23.7 Å². The second-order valence-corrected chi connectivity index (χ2v) is 5.26. The fourth-order valence-corrected chi connectivity index (χ4v) is 2.44. The van der Waals surface area contributed by atoms with Gasteiger partial charge in [0, 0.05) is 5.56 Å². The highest BCUT2D eigenvalue weighted by atomic mass is 16.3. The molecule has 2 rings (SSSR count). The molecule has 21 heavy (non-hydrogen) atoms. The van der Waals surface area contributed by atoms with Crippen molar-refractivity contribution in [3.63, 3.8) is 0 Å². The molecule has 0 aliphatic heterocycles. The van der Waals surface area contributed by atoms with E-state index >= 15 is 0 Å². The normalized spacial score (nSPS) is 12.2. The third kappa shape index (κ3) is 3.52. The summed E-state index contributed by atoms with van der Waals surface area (Å²) in [4.78, 5) is 12.4. The van der Waals surface area contributed by atoms with Crippen LogP contribution in [0, 0.1) is 20.8 Å². The van der Waals surface area contributed by atoms with Crippen molar-refractivity contribution in [1.29, 1.82) is 0 Å². The Bertz CT molecular complexity index is 616. The molecule has 2 aromatic rings. The summed E-state index contributed by atoms with van der Waals surface area (Å²) in [5.41, 5.74) is 2.49. The topological polar surface area (TPSA) is 62.5 Å². The average Bonchev–Trinajstić information content (AvgIpc) is 2.72. The minimum Gasteiger partial charge on any atom is -0.466 e. The van der Waals surface area contributed by atoms with E-state index in [9.17, 15) is 9.90 Å². The van der Waals surface area contributed by atoms with Gasteiger partial charge in [-0.15, -0.1) is 0 Å². The minimum absolute atomic E-state index is 0.102. The molecule has 1 unspecified atom stereocenters. The van der Waals surface area contributed by atoms with Crippen LogP contribution in [0.25, 0.3) is 0 Å². The van der Waals surface area contributed by atoms with Gasteiger partial charge in [0.2, 0.25) is 0 Å². The van der Waals surface area contributed by atoms with E-state index in [1.165, 1.54) is 0 Å². The third-order valence-electron chi connectivity index (χ3n) is 3.67. The standard InChI is InChI=1S/C17H21NO3/c1-11-12(2)21-13(3)16(11)17(20)18-15(10-19)9-14-7-5-4-6-8-14/h4-8,15,19H,9-10H2,1-3H3,(H,18,20). The summed E-state index contributed by atoms with van der Waals surface area (Å²) in [6.07, 6.45) is 0.595. The maximum Gasteiger partial charge on any atom is 0.255 e. The Balaban J connectivity index is 2.09. The van der Waals surface area contributed by atoms with E-state index in [0.717, 1.165) is 16.9 Å². The van der Waals surface area contributed by atoms with Crippen molar-refractivity contribution < 1.29 is 14.3 Å². The van der Waals surface area contributed by atoms with Crippen LogP contribution in [-0.2, 0) is 6.42 Å². The zero-order valence-corrected chi connectivity index (χ0v) is 12.6. The summed E-state index contributed by atoms with van der Waals surface area (Å²) in [7, 11) is 0. The number of aryl methyl sites for hydroxylation is 2. The van der Waals surface area contributed by atoms with E-state index in [0.29, 0.717) is 17.7 Å². The van der Waals surface area contributed by atoms with E-state index < -0.39 is 0 Å². The predicted octanol–water partition coefficient (Wildman–Crippen LogP) is 2.54. The summed E-state index contributed by atoms with van der Waals surface area (Å²) in [5.74, 6) is 1.16. The Morgan fingerprint density at radius 1 is 1.19 bits per heavy atom. The number of nitrogens with one attached hydrogen (secondary N) is 1. The molecule has 1 heterocycles. The Morgan fingerprint density at radius 3 is 2.38 bits per heavy atom. The molecule has 0 radical (unpaired) electrons. The first-order chi connectivity index (χ1) is 10.0. The average molecular weight is 287 g/mol. The number of hydrogen-bond acceptors (Lipinski definition) is 3. The van der Waals surface area contributed by atoms with Gasteiger partial charge in [-0.1, -0.05) is 30.3 Å². The molecule has 0 fully saturated rings. The lowest BCUT2D eigenvalue weighted by molar-refractivity contribution is 0.0914. The molecule has 112 valence electrons. The summed E-state index contributed by atoms with van der Waals surface area (Å²) < 4.78 is 5.48. The van der Waals surface area contributed by atoms with Gasteiger partial charge in [-0.25, -0.2) is 0 Å². The fourth-order valence-electron chi connectivity index (χ4n) is 2.44. The number of benzene rings is 1. The molecular formula is C17H21NO3. The van der Waals surface area contributed by atoms with Gasteiger partial charge < -0.3 is 14.8 Å². The lowest BCUT2D eigenvalue weighted by atomic mass is 10.0. The van der Waals surface area contributed by atoms with Crippen molar-refractivity contribution in [2.75, 3.05) is 6.61 Å². The zero-order chi connectivity index (χ0) is 15.4. The van der Waals surface area contributed by atoms with Crippen LogP contribution in [0.5, 0.6) is 0 Å². The number of aliphatic hydroxyl groups excluding tert-OH is 1. The molecule has 1 amide bonds. The molecule has 1 atom stereocenters. The molecule has 1 aromatic heterocycles. The van der Waals surface area contributed by atoms with Gasteiger partial charge in [0.1, 0.15) is 11.5 Å². The van der Waals surface area contributed by atoms with Crippen molar-refractivity contribution in [2.45, 2.75) is 33.2 Å². The molecule has 0 saturated carbocycles. The molecule has 0 bridgehead atoms. The van der Waals surface area contributed by atoms with Crippen LogP contribution in [0.3, 0.4) is 0 Å². The molecule has 4 heteroatoms. The first-order valence-electron chi connectivity index (χ1n) is 7.05. The fraction of sp³-hybridized carbons (Fsp3) is 0.353. The SMILES string of the molecule is Cc1oc(C)c(C(=O)NC(CO)Cc2ccccc2)c1C. The minimum atomic E-state index is -0.311. The second kappa shape index (κ2) is 6.59. The number of carbonyl (C=O) groups excluding carboxylic acids is 1. The van der Waals surface area contributed by atoms with E-state index in [-0.39, 0.29) is 18.6 Å². The molecule has 2 N–H and O–H groups in total. The lowest BCUT2D eigenvalue weighted by Crippen LogP contribution is -2.39. The summed E-state index contributed by atoms with van der Waals surface area (Å²) >= 11 is 0. The van der Waals surface area contributed by atoms with Crippen molar-refractivity contribution in [3.05, 3.63) is 58.5 Å². The Labute approximate surface area is 124 Å². The lowest BCUT2D eigenvalue weighted by Gasteiger charge is -2.16. The van der Waals surface area contributed by atoms with Gasteiger partial charge in [0.15, 0.2) is 0 Å². The first kappa shape index (κ1) is 15.3. The summed E-state index contributed by atoms with van der Waals surface area (Å²) in [6, 6.07) is 9.48. The number of aliphatic hydroxyl groups is 1. The van der Waals surface area contributed by atoms with E-state index in [4.69, 9.17) is 4.42 Å². The zero-order valence-electron chi connectivity index (χ0n) is 12.6. The predicted molar refractivity (Wildman–Crippen MR) is 81.4 cm³/mol. The van der Waals surface area contributed by atoms with Crippen LogP contribution in [0.15, 0.2) is 34.7 Å². The van der Waals surface area contributed by atoms with Crippen LogP contribution >= 0.6 is 0 Å². The maximum atomic E-state index is 12.4. The smallest absolute Gasteiger partial charge is 0.255 e. The number of hydrogen-bond donors (Lipinski definition) is 2. The quantitative estimate of drug-likeness (QED) is 0.888. The highest BCUT2D eigenvalue weighted by Gasteiger charge is 2.21. The number of furan rings is 1. The molecular weight excluding hydrogens is 266 g/mol. The molecule has 0 spiro atoms. The van der Waals surface area contributed by atoms with Gasteiger partial charge in [0.25, 0.3) is 5.91 Å². The highest BCUT2D eigenvalue weighted by molar-refractivity contribution is 5.97. The summed E-state index contributed by atoms with van der Waals surface area (Å²) in [5, 5.41) is 12.4.